The Labute approximate surface area is 123 Å². The lowest BCUT2D eigenvalue weighted by Gasteiger charge is -2.27. The molecule has 1 fully saturated rings. The van der Waals surface area contributed by atoms with Crippen molar-refractivity contribution in [3.63, 3.8) is 0 Å². The van der Waals surface area contributed by atoms with E-state index in [4.69, 9.17) is 0 Å². The molecule has 0 spiro atoms. The zero-order chi connectivity index (χ0) is 13.8. The van der Waals surface area contributed by atoms with Gasteiger partial charge in [0, 0.05) is 23.1 Å². The summed E-state index contributed by atoms with van der Waals surface area (Å²) in [6, 6.07) is 6.16. The Morgan fingerprint density at radius 3 is 2.95 bits per heavy atom. The van der Waals surface area contributed by atoms with E-state index >= 15 is 0 Å². The Morgan fingerprint density at radius 2 is 2.16 bits per heavy atom. The molecule has 1 atom stereocenters. The van der Waals surface area contributed by atoms with Gasteiger partial charge in [0.15, 0.2) is 0 Å². The van der Waals surface area contributed by atoms with Gasteiger partial charge in [-0.1, -0.05) is 22.0 Å². The van der Waals surface area contributed by atoms with E-state index in [9.17, 15) is 4.79 Å². The molecule has 0 radical (unpaired) electrons. The standard InChI is InChI=1S/C15H21BrN2O/c1-11-13(6-3-7-14(11)16)15(19)18(2)12-5-4-9-17-10-8-12/h3,6-7,12,17H,4-5,8-10H2,1-2H3. The maximum absolute atomic E-state index is 12.6. The van der Waals surface area contributed by atoms with Crippen LogP contribution in [0.5, 0.6) is 0 Å². The van der Waals surface area contributed by atoms with Crippen LogP contribution in [0.25, 0.3) is 0 Å². The largest absolute Gasteiger partial charge is 0.339 e. The molecular formula is C15H21BrN2O. The Hall–Kier alpha value is -0.870. The van der Waals surface area contributed by atoms with E-state index in [0.717, 1.165) is 48.0 Å². The van der Waals surface area contributed by atoms with Crippen molar-refractivity contribution < 1.29 is 4.79 Å². The van der Waals surface area contributed by atoms with Crippen molar-refractivity contribution in [1.82, 2.24) is 10.2 Å². The van der Waals surface area contributed by atoms with Crippen molar-refractivity contribution in [3.05, 3.63) is 33.8 Å². The van der Waals surface area contributed by atoms with Gasteiger partial charge in [0.1, 0.15) is 0 Å². The van der Waals surface area contributed by atoms with Crippen molar-refractivity contribution in [2.24, 2.45) is 0 Å². The number of rotatable bonds is 2. The second-order valence-electron chi connectivity index (χ2n) is 5.16. The zero-order valence-corrected chi connectivity index (χ0v) is 13.2. The van der Waals surface area contributed by atoms with Gasteiger partial charge in [0.2, 0.25) is 0 Å². The molecule has 1 aromatic rings. The van der Waals surface area contributed by atoms with E-state index in [1.807, 2.05) is 37.1 Å². The number of benzene rings is 1. The minimum absolute atomic E-state index is 0.130. The molecule has 1 aromatic carbocycles. The molecule has 0 saturated carbocycles. The second kappa shape index (κ2) is 6.53. The van der Waals surface area contributed by atoms with E-state index in [-0.39, 0.29) is 5.91 Å². The Balaban J connectivity index is 2.15. The van der Waals surface area contributed by atoms with Crippen molar-refractivity contribution in [1.29, 1.82) is 0 Å². The SMILES string of the molecule is Cc1c(Br)cccc1C(=O)N(C)C1CCCNCC1. The quantitative estimate of drug-likeness (QED) is 0.907. The minimum atomic E-state index is 0.130. The zero-order valence-electron chi connectivity index (χ0n) is 11.6. The number of amides is 1. The van der Waals surface area contributed by atoms with Gasteiger partial charge in [-0.3, -0.25) is 4.79 Å². The first-order valence-electron chi connectivity index (χ1n) is 6.84. The summed E-state index contributed by atoms with van der Waals surface area (Å²) in [5.41, 5.74) is 1.82. The van der Waals surface area contributed by atoms with Crippen LogP contribution in [0.2, 0.25) is 0 Å². The maximum Gasteiger partial charge on any atom is 0.254 e. The summed E-state index contributed by atoms with van der Waals surface area (Å²) in [5.74, 6) is 0.130. The third-order valence-corrected chi connectivity index (χ3v) is 4.77. The van der Waals surface area contributed by atoms with Gasteiger partial charge in [-0.05, 0) is 57.0 Å². The highest BCUT2D eigenvalue weighted by Crippen LogP contribution is 2.22. The molecule has 104 valence electrons. The Bertz CT molecular complexity index is 453. The van der Waals surface area contributed by atoms with Crippen molar-refractivity contribution in [2.45, 2.75) is 32.2 Å². The maximum atomic E-state index is 12.6. The number of hydrogen-bond acceptors (Lipinski definition) is 2. The molecular weight excluding hydrogens is 304 g/mol. The molecule has 0 aromatic heterocycles. The van der Waals surface area contributed by atoms with Crippen LogP contribution in [0.3, 0.4) is 0 Å². The third kappa shape index (κ3) is 3.37. The van der Waals surface area contributed by atoms with E-state index < -0.39 is 0 Å². The molecule has 4 heteroatoms. The summed E-state index contributed by atoms with van der Waals surface area (Å²) in [5, 5.41) is 3.39. The van der Waals surface area contributed by atoms with Crippen LogP contribution in [0.15, 0.2) is 22.7 Å². The summed E-state index contributed by atoms with van der Waals surface area (Å²) in [7, 11) is 1.93. The second-order valence-corrected chi connectivity index (χ2v) is 6.02. The highest BCUT2D eigenvalue weighted by Gasteiger charge is 2.23. The van der Waals surface area contributed by atoms with Crippen LogP contribution in [-0.4, -0.2) is 37.0 Å². The fourth-order valence-electron chi connectivity index (χ4n) is 2.58. The van der Waals surface area contributed by atoms with Crippen LogP contribution in [0.4, 0.5) is 0 Å². The first-order chi connectivity index (χ1) is 9.11. The molecule has 1 unspecified atom stereocenters. The summed E-state index contributed by atoms with van der Waals surface area (Å²) >= 11 is 3.49. The first kappa shape index (κ1) is 14.5. The van der Waals surface area contributed by atoms with Crippen molar-refractivity contribution in [2.75, 3.05) is 20.1 Å². The Kier molecular flexibility index (Phi) is 4.99. The van der Waals surface area contributed by atoms with Gasteiger partial charge >= 0.3 is 0 Å². The fourth-order valence-corrected chi connectivity index (χ4v) is 2.95. The average molecular weight is 325 g/mol. The van der Waals surface area contributed by atoms with Crippen LogP contribution in [-0.2, 0) is 0 Å². The van der Waals surface area contributed by atoms with Gasteiger partial charge in [-0.15, -0.1) is 0 Å². The average Bonchev–Trinajstić information content (AvgIpc) is 2.69. The van der Waals surface area contributed by atoms with E-state index in [1.54, 1.807) is 0 Å². The number of nitrogens with one attached hydrogen (secondary N) is 1. The van der Waals surface area contributed by atoms with Gasteiger partial charge in [0.25, 0.3) is 5.91 Å². The van der Waals surface area contributed by atoms with Gasteiger partial charge in [-0.2, -0.15) is 0 Å². The smallest absolute Gasteiger partial charge is 0.254 e. The van der Waals surface area contributed by atoms with Crippen LogP contribution < -0.4 is 5.32 Å². The molecule has 1 saturated heterocycles. The molecule has 1 N–H and O–H groups in total. The molecule has 3 nitrogen and oxygen atoms in total. The fraction of sp³-hybridized carbons (Fsp3) is 0.533. The molecule has 2 rings (SSSR count). The summed E-state index contributed by atoms with van der Waals surface area (Å²) < 4.78 is 0.995. The van der Waals surface area contributed by atoms with E-state index in [0.29, 0.717) is 6.04 Å². The van der Waals surface area contributed by atoms with Crippen LogP contribution in [0.1, 0.15) is 35.2 Å². The predicted octanol–water partition coefficient (Wildman–Crippen LogP) is 2.97. The lowest BCUT2D eigenvalue weighted by molar-refractivity contribution is 0.0719. The molecule has 19 heavy (non-hydrogen) atoms. The first-order valence-corrected chi connectivity index (χ1v) is 7.63. The summed E-state index contributed by atoms with van der Waals surface area (Å²) in [6.45, 7) is 4.05. The topological polar surface area (TPSA) is 32.3 Å². The van der Waals surface area contributed by atoms with Crippen molar-refractivity contribution in [3.8, 4) is 0 Å². The highest BCUT2D eigenvalue weighted by molar-refractivity contribution is 9.10. The lowest BCUT2D eigenvalue weighted by Crippen LogP contribution is -2.37. The minimum Gasteiger partial charge on any atom is -0.339 e. The lowest BCUT2D eigenvalue weighted by atomic mass is 10.0. The van der Waals surface area contributed by atoms with E-state index in [1.165, 1.54) is 0 Å². The van der Waals surface area contributed by atoms with Gasteiger partial charge < -0.3 is 10.2 Å². The van der Waals surface area contributed by atoms with Crippen LogP contribution >= 0.6 is 15.9 Å². The number of hydrogen-bond donors (Lipinski definition) is 1. The van der Waals surface area contributed by atoms with E-state index in [2.05, 4.69) is 21.2 Å². The Morgan fingerprint density at radius 1 is 1.37 bits per heavy atom. The van der Waals surface area contributed by atoms with Gasteiger partial charge in [0.05, 0.1) is 0 Å². The van der Waals surface area contributed by atoms with Crippen LogP contribution in [0, 0.1) is 6.92 Å². The third-order valence-electron chi connectivity index (χ3n) is 3.91. The van der Waals surface area contributed by atoms with Crippen molar-refractivity contribution >= 4 is 21.8 Å². The summed E-state index contributed by atoms with van der Waals surface area (Å²) in [4.78, 5) is 14.5. The molecule has 1 aliphatic heterocycles. The normalized spacial score (nSPS) is 19.8. The highest BCUT2D eigenvalue weighted by atomic mass is 79.9. The number of nitrogens with zero attached hydrogens (tertiary/aromatic N) is 1. The number of carbonyl (C=O) groups is 1. The molecule has 1 amide bonds. The molecule has 1 heterocycles. The number of halogens is 1. The number of carbonyl (C=O) groups excluding carboxylic acids is 1. The summed E-state index contributed by atoms with van der Waals surface area (Å²) in [6.07, 6.45) is 3.26. The van der Waals surface area contributed by atoms with Gasteiger partial charge in [-0.25, -0.2) is 0 Å². The molecule has 0 aliphatic carbocycles. The predicted molar refractivity (Wildman–Crippen MR) is 81.5 cm³/mol. The molecule has 0 bridgehead atoms. The monoisotopic (exact) mass is 324 g/mol. The molecule has 1 aliphatic rings.